The fraction of sp³-hybridized carbons (Fsp3) is 0.471. The lowest BCUT2D eigenvalue weighted by atomic mass is 9.95. The van der Waals surface area contributed by atoms with Gasteiger partial charge in [0, 0.05) is 25.8 Å². The van der Waals surface area contributed by atoms with Crippen LogP contribution in [0.15, 0.2) is 79.9 Å². The van der Waals surface area contributed by atoms with E-state index in [1.165, 1.54) is 0 Å². The van der Waals surface area contributed by atoms with Crippen molar-refractivity contribution < 1.29 is 23.8 Å². The van der Waals surface area contributed by atoms with E-state index in [1.54, 1.807) is 19.1 Å². The van der Waals surface area contributed by atoms with Crippen LogP contribution in [0.5, 0.6) is 5.75 Å². The molecule has 2 rings (SSSR count). The largest absolute Gasteiger partial charge is 0.497 e. The van der Waals surface area contributed by atoms with Crippen molar-refractivity contribution in [1.82, 2.24) is 4.90 Å². The number of rotatable bonds is 18. The summed E-state index contributed by atoms with van der Waals surface area (Å²) in [6.45, 7) is 14.6. The molecule has 6 nitrogen and oxygen atoms in total. The number of hydrogen-bond acceptors (Lipinski definition) is 5. The van der Waals surface area contributed by atoms with Crippen molar-refractivity contribution >= 4 is 11.9 Å². The zero-order valence-corrected chi connectivity index (χ0v) is 24.9. The summed E-state index contributed by atoms with van der Waals surface area (Å²) >= 11 is 0. The number of methoxy groups -OCH3 is 1. The molecule has 0 saturated carbocycles. The molecule has 0 radical (unpaired) electrons. The smallest absolute Gasteiger partial charge is 0.329 e. The van der Waals surface area contributed by atoms with Crippen LogP contribution in [-0.2, 0) is 32.1 Å². The van der Waals surface area contributed by atoms with Crippen molar-refractivity contribution in [3.63, 3.8) is 0 Å². The predicted octanol–water partition coefficient (Wildman–Crippen LogP) is 6.64. The summed E-state index contributed by atoms with van der Waals surface area (Å²) in [6, 6.07) is 16.7. The molecule has 0 aliphatic rings. The van der Waals surface area contributed by atoms with Crippen molar-refractivity contribution in [3.05, 3.63) is 91.0 Å². The molecule has 0 aliphatic carbocycles. The van der Waals surface area contributed by atoms with Crippen LogP contribution >= 0.6 is 0 Å². The first-order valence-corrected chi connectivity index (χ1v) is 14.1. The topological polar surface area (TPSA) is 65.1 Å². The fourth-order valence-electron chi connectivity index (χ4n) is 4.58. The Morgan fingerprint density at radius 3 is 2.12 bits per heavy atom. The van der Waals surface area contributed by atoms with E-state index < -0.39 is 12.0 Å². The van der Waals surface area contributed by atoms with Gasteiger partial charge >= 0.3 is 5.97 Å². The van der Waals surface area contributed by atoms with Gasteiger partial charge in [0.05, 0.1) is 20.3 Å². The number of ether oxygens (including phenoxy) is 3. The van der Waals surface area contributed by atoms with Gasteiger partial charge < -0.3 is 19.1 Å². The van der Waals surface area contributed by atoms with Crippen LogP contribution in [0.2, 0.25) is 0 Å². The van der Waals surface area contributed by atoms with E-state index in [0.717, 1.165) is 16.9 Å². The quantitative estimate of drug-likeness (QED) is 0.118. The monoisotopic (exact) mass is 549 g/mol. The molecule has 6 heteroatoms. The highest BCUT2D eigenvalue weighted by Gasteiger charge is 2.32. The SMILES string of the molecule is C=CC(C)C[C@@H](CCOCc1ccc(OC)cc1)OC(=O)[C@H](Cc1ccccc1)N(C)C(=O)[C@H](C)C[C@H](C)C=C. The van der Waals surface area contributed by atoms with Crippen LogP contribution in [0.25, 0.3) is 0 Å². The molecule has 0 bridgehead atoms. The Morgan fingerprint density at radius 2 is 1.52 bits per heavy atom. The van der Waals surface area contributed by atoms with Crippen molar-refractivity contribution in [1.29, 1.82) is 0 Å². The molecular weight excluding hydrogens is 502 g/mol. The van der Waals surface area contributed by atoms with Gasteiger partial charge in [-0.3, -0.25) is 4.79 Å². The number of carbonyl (C=O) groups excluding carboxylic acids is 2. The molecule has 2 aromatic carbocycles. The highest BCUT2D eigenvalue weighted by Crippen LogP contribution is 2.21. The highest BCUT2D eigenvalue weighted by molar-refractivity contribution is 5.85. The Kier molecular flexibility index (Phi) is 14.2. The normalized spacial score (nSPS) is 14.7. The van der Waals surface area contributed by atoms with Gasteiger partial charge in [0.15, 0.2) is 0 Å². The molecule has 40 heavy (non-hydrogen) atoms. The number of likely N-dealkylation sites (N-methyl/N-ethyl adjacent to an activating group) is 1. The average Bonchev–Trinajstić information content (AvgIpc) is 2.97. The first-order chi connectivity index (χ1) is 19.2. The fourth-order valence-corrected chi connectivity index (χ4v) is 4.58. The highest BCUT2D eigenvalue weighted by atomic mass is 16.5. The van der Waals surface area contributed by atoms with E-state index in [1.807, 2.05) is 87.5 Å². The summed E-state index contributed by atoms with van der Waals surface area (Å²) in [5, 5.41) is 0. The minimum absolute atomic E-state index is 0.0783. The minimum atomic E-state index is -0.738. The molecule has 1 unspecified atom stereocenters. The maximum absolute atomic E-state index is 13.7. The van der Waals surface area contributed by atoms with Gasteiger partial charge in [-0.2, -0.15) is 0 Å². The molecule has 218 valence electrons. The lowest BCUT2D eigenvalue weighted by molar-refractivity contribution is -0.161. The average molecular weight is 550 g/mol. The zero-order chi connectivity index (χ0) is 29.5. The van der Waals surface area contributed by atoms with Gasteiger partial charge in [-0.1, -0.05) is 75.4 Å². The zero-order valence-electron chi connectivity index (χ0n) is 24.9. The molecule has 0 spiro atoms. The van der Waals surface area contributed by atoms with E-state index in [2.05, 4.69) is 13.2 Å². The molecule has 0 saturated heterocycles. The number of hydrogen-bond donors (Lipinski definition) is 0. The van der Waals surface area contributed by atoms with Crippen molar-refractivity contribution in [2.45, 2.75) is 65.2 Å². The molecule has 0 aromatic heterocycles. The van der Waals surface area contributed by atoms with Crippen molar-refractivity contribution in [2.24, 2.45) is 17.8 Å². The summed E-state index contributed by atoms with van der Waals surface area (Å²) in [5.74, 6) is 0.436. The van der Waals surface area contributed by atoms with E-state index in [0.29, 0.717) is 38.9 Å². The molecule has 0 heterocycles. The van der Waals surface area contributed by atoms with Gasteiger partial charge in [0.1, 0.15) is 17.9 Å². The maximum atomic E-state index is 13.7. The van der Waals surface area contributed by atoms with Crippen LogP contribution in [0, 0.1) is 17.8 Å². The lowest BCUT2D eigenvalue weighted by Crippen LogP contribution is -2.47. The summed E-state index contributed by atoms with van der Waals surface area (Å²) in [5.41, 5.74) is 2.01. The summed E-state index contributed by atoms with van der Waals surface area (Å²) in [7, 11) is 3.34. The summed E-state index contributed by atoms with van der Waals surface area (Å²) in [4.78, 5) is 28.6. The number of nitrogens with zero attached hydrogens (tertiary/aromatic N) is 1. The van der Waals surface area contributed by atoms with Crippen LogP contribution < -0.4 is 4.74 Å². The molecular formula is C34H47NO5. The van der Waals surface area contributed by atoms with E-state index in [4.69, 9.17) is 14.2 Å². The molecule has 0 N–H and O–H groups in total. The molecule has 0 aliphatic heterocycles. The second kappa shape index (κ2) is 17.3. The summed E-state index contributed by atoms with van der Waals surface area (Å²) < 4.78 is 17.2. The lowest BCUT2D eigenvalue weighted by Gasteiger charge is -2.31. The number of carbonyl (C=O) groups is 2. The third kappa shape index (κ3) is 11.0. The Balaban J connectivity index is 2.12. The maximum Gasteiger partial charge on any atom is 0.329 e. The van der Waals surface area contributed by atoms with Gasteiger partial charge in [0.25, 0.3) is 0 Å². The van der Waals surface area contributed by atoms with E-state index in [9.17, 15) is 9.59 Å². The predicted molar refractivity (Wildman–Crippen MR) is 161 cm³/mol. The van der Waals surface area contributed by atoms with E-state index >= 15 is 0 Å². The van der Waals surface area contributed by atoms with Gasteiger partial charge in [-0.15, -0.1) is 13.2 Å². The molecule has 0 fully saturated rings. The Morgan fingerprint density at radius 1 is 0.900 bits per heavy atom. The molecule has 5 atom stereocenters. The second-order valence-electron chi connectivity index (χ2n) is 10.7. The first-order valence-electron chi connectivity index (χ1n) is 14.1. The van der Waals surface area contributed by atoms with Crippen LogP contribution in [0.1, 0.15) is 51.2 Å². The standard InChI is InChI=1S/C34H47NO5/c1-8-25(3)21-27(5)33(36)35(6)32(23-28-13-11-10-12-14-28)34(37)40-31(22-26(4)9-2)19-20-39-24-29-15-17-30(38-7)18-16-29/h8-18,25-27,31-32H,1-2,19-24H2,3-7H3/t25-,26?,27-,31-,32+/m1/s1. The van der Waals surface area contributed by atoms with Crippen molar-refractivity contribution in [2.75, 3.05) is 20.8 Å². The Labute approximate surface area is 241 Å². The van der Waals surface area contributed by atoms with E-state index in [-0.39, 0.29) is 29.8 Å². The van der Waals surface area contributed by atoms with Crippen LogP contribution in [0.4, 0.5) is 0 Å². The third-order valence-electron chi connectivity index (χ3n) is 7.24. The minimum Gasteiger partial charge on any atom is -0.497 e. The Bertz CT molecular complexity index is 1050. The third-order valence-corrected chi connectivity index (χ3v) is 7.24. The van der Waals surface area contributed by atoms with Crippen LogP contribution in [-0.4, -0.2) is 49.7 Å². The molecule has 2 aromatic rings. The van der Waals surface area contributed by atoms with Gasteiger partial charge in [0.2, 0.25) is 5.91 Å². The van der Waals surface area contributed by atoms with Gasteiger partial charge in [-0.25, -0.2) is 4.79 Å². The second-order valence-corrected chi connectivity index (χ2v) is 10.7. The number of allylic oxidation sites excluding steroid dienone is 2. The molecule has 1 amide bonds. The Hall–Kier alpha value is -3.38. The van der Waals surface area contributed by atoms with Gasteiger partial charge in [-0.05, 0) is 47.9 Å². The number of benzene rings is 2. The number of amides is 1. The number of esters is 1. The van der Waals surface area contributed by atoms with Crippen LogP contribution in [0.3, 0.4) is 0 Å². The first kappa shape index (κ1) is 32.8. The summed E-state index contributed by atoms with van der Waals surface area (Å²) in [6.07, 6.45) is 5.57. The van der Waals surface area contributed by atoms with Crippen molar-refractivity contribution in [3.8, 4) is 5.75 Å².